The molecule has 1 unspecified atom stereocenters. The number of rotatable bonds is 5. The molecule has 2 amide bonds. The standard InChI is InChI=1S/C13H22N2O4/c1-4-6-13(12(18)19)7-5-8-15(13)11(17)9-14(3)10(2)16/h4-9H2,1-3H3,(H,18,19). The van der Waals surface area contributed by atoms with Crippen LogP contribution in [0.15, 0.2) is 0 Å². The van der Waals surface area contributed by atoms with E-state index in [2.05, 4.69) is 0 Å². The van der Waals surface area contributed by atoms with E-state index < -0.39 is 11.5 Å². The molecule has 1 fully saturated rings. The minimum atomic E-state index is -1.08. The molecular formula is C13H22N2O4. The molecule has 1 heterocycles. The van der Waals surface area contributed by atoms with Gasteiger partial charge in [0.25, 0.3) is 0 Å². The van der Waals surface area contributed by atoms with E-state index in [-0.39, 0.29) is 18.4 Å². The number of carbonyl (C=O) groups is 3. The van der Waals surface area contributed by atoms with Crippen LogP contribution in [0.2, 0.25) is 0 Å². The number of carboxylic acids is 1. The highest BCUT2D eigenvalue weighted by atomic mass is 16.4. The quantitative estimate of drug-likeness (QED) is 0.798. The lowest BCUT2D eigenvalue weighted by molar-refractivity contribution is -0.157. The Morgan fingerprint density at radius 2 is 2.00 bits per heavy atom. The van der Waals surface area contributed by atoms with Gasteiger partial charge in [0.15, 0.2) is 0 Å². The summed E-state index contributed by atoms with van der Waals surface area (Å²) < 4.78 is 0. The number of hydrogen-bond acceptors (Lipinski definition) is 3. The maximum absolute atomic E-state index is 12.2. The number of likely N-dealkylation sites (tertiary alicyclic amines) is 1. The average Bonchev–Trinajstić information content (AvgIpc) is 2.74. The molecule has 1 aliphatic heterocycles. The predicted octanol–water partition coefficient (Wildman–Crippen LogP) is 0.711. The molecule has 0 aromatic carbocycles. The first kappa shape index (κ1) is 15.5. The Labute approximate surface area is 113 Å². The van der Waals surface area contributed by atoms with E-state index in [0.29, 0.717) is 32.2 Å². The van der Waals surface area contributed by atoms with Gasteiger partial charge in [-0.05, 0) is 19.3 Å². The normalized spacial score (nSPS) is 22.4. The summed E-state index contributed by atoms with van der Waals surface area (Å²) in [5.74, 6) is -1.43. The van der Waals surface area contributed by atoms with Crippen LogP contribution in [0, 0.1) is 0 Å². The lowest BCUT2D eigenvalue weighted by atomic mass is 9.90. The van der Waals surface area contributed by atoms with Crippen LogP contribution >= 0.6 is 0 Å². The van der Waals surface area contributed by atoms with Crippen molar-refractivity contribution in [2.75, 3.05) is 20.1 Å². The van der Waals surface area contributed by atoms with Gasteiger partial charge in [0.1, 0.15) is 5.54 Å². The summed E-state index contributed by atoms with van der Waals surface area (Å²) in [6, 6.07) is 0. The van der Waals surface area contributed by atoms with E-state index >= 15 is 0 Å². The fraction of sp³-hybridized carbons (Fsp3) is 0.769. The highest BCUT2D eigenvalue weighted by molar-refractivity contribution is 5.90. The molecule has 1 saturated heterocycles. The third kappa shape index (κ3) is 3.05. The first-order valence-electron chi connectivity index (χ1n) is 6.60. The average molecular weight is 270 g/mol. The zero-order valence-corrected chi connectivity index (χ0v) is 11.8. The smallest absolute Gasteiger partial charge is 0.329 e. The topological polar surface area (TPSA) is 77.9 Å². The summed E-state index contributed by atoms with van der Waals surface area (Å²) in [6.45, 7) is 3.69. The van der Waals surface area contributed by atoms with Crippen LogP contribution in [-0.4, -0.2) is 58.4 Å². The van der Waals surface area contributed by atoms with E-state index in [0.717, 1.165) is 0 Å². The summed E-state index contributed by atoms with van der Waals surface area (Å²) in [5, 5.41) is 9.48. The van der Waals surface area contributed by atoms with Crippen LogP contribution in [0.4, 0.5) is 0 Å². The maximum Gasteiger partial charge on any atom is 0.329 e. The van der Waals surface area contributed by atoms with Gasteiger partial charge in [-0.15, -0.1) is 0 Å². The van der Waals surface area contributed by atoms with Gasteiger partial charge in [0, 0.05) is 20.5 Å². The van der Waals surface area contributed by atoms with Crippen molar-refractivity contribution in [2.24, 2.45) is 0 Å². The number of hydrogen-bond donors (Lipinski definition) is 1. The molecule has 0 radical (unpaired) electrons. The molecule has 6 nitrogen and oxygen atoms in total. The molecule has 0 spiro atoms. The Morgan fingerprint density at radius 1 is 1.37 bits per heavy atom. The number of carbonyl (C=O) groups excluding carboxylic acids is 2. The monoisotopic (exact) mass is 270 g/mol. The molecule has 6 heteroatoms. The Morgan fingerprint density at radius 3 is 2.47 bits per heavy atom. The summed E-state index contributed by atoms with van der Waals surface area (Å²) >= 11 is 0. The van der Waals surface area contributed by atoms with E-state index in [1.807, 2.05) is 6.92 Å². The van der Waals surface area contributed by atoms with Crippen molar-refractivity contribution in [3.8, 4) is 0 Å². The molecule has 19 heavy (non-hydrogen) atoms. The predicted molar refractivity (Wildman–Crippen MR) is 69.5 cm³/mol. The van der Waals surface area contributed by atoms with Crippen LogP contribution in [-0.2, 0) is 14.4 Å². The summed E-state index contributed by atoms with van der Waals surface area (Å²) in [5.41, 5.74) is -1.08. The molecule has 108 valence electrons. The van der Waals surface area contributed by atoms with Crippen LogP contribution < -0.4 is 0 Å². The van der Waals surface area contributed by atoms with E-state index in [1.165, 1.54) is 16.7 Å². The zero-order chi connectivity index (χ0) is 14.6. The van der Waals surface area contributed by atoms with Crippen LogP contribution in [0.1, 0.15) is 39.5 Å². The molecule has 1 aliphatic rings. The third-order valence-electron chi connectivity index (χ3n) is 3.76. The number of likely N-dealkylation sites (N-methyl/N-ethyl adjacent to an activating group) is 1. The van der Waals surface area contributed by atoms with Gasteiger partial charge in [-0.1, -0.05) is 13.3 Å². The van der Waals surface area contributed by atoms with Gasteiger partial charge in [0.05, 0.1) is 6.54 Å². The molecule has 1 rings (SSSR count). The van der Waals surface area contributed by atoms with Crippen molar-refractivity contribution >= 4 is 17.8 Å². The molecule has 0 aromatic rings. The highest BCUT2D eigenvalue weighted by Crippen LogP contribution is 2.34. The molecule has 0 bridgehead atoms. The second kappa shape index (κ2) is 6.04. The number of nitrogens with zero attached hydrogens (tertiary/aromatic N) is 2. The third-order valence-corrected chi connectivity index (χ3v) is 3.76. The van der Waals surface area contributed by atoms with Crippen LogP contribution in [0.25, 0.3) is 0 Å². The SMILES string of the molecule is CCCC1(C(=O)O)CCCN1C(=O)CN(C)C(C)=O. The van der Waals surface area contributed by atoms with Gasteiger partial charge in [-0.3, -0.25) is 9.59 Å². The van der Waals surface area contributed by atoms with Crippen molar-refractivity contribution in [3.63, 3.8) is 0 Å². The number of carboxylic acid groups (broad SMARTS) is 1. The Bertz CT molecular complexity index is 383. The van der Waals surface area contributed by atoms with Gasteiger partial charge < -0.3 is 14.9 Å². The molecule has 0 aromatic heterocycles. The van der Waals surface area contributed by atoms with E-state index in [9.17, 15) is 19.5 Å². The van der Waals surface area contributed by atoms with Gasteiger partial charge in [-0.25, -0.2) is 4.79 Å². The van der Waals surface area contributed by atoms with Crippen LogP contribution in [0.5, 0.6) is 0 Å². The first-order valence-corrected chi connectivity index (χ1v) is 6.60. The minimum absolute atomic E-state index is 0.0614. The van der Waals surface area contributed by atoms with Crippen molar-refractivity contribution in [1.29, 1.82) is 0 Å². The summed E-state index contributed by atoms with van der Waals surface area (Å²) in [4.78, 5) is 37.7. The molecule has 1 N–H and O–H groups in total. The Kier molecular flexibility index (Phi) is 4.91. The largest absolute Gasteiger partial charge is 0.479 e. The van der Waals surface area contributed by atoms with Crippen LogP contribution in [0.3, 0.4) is 0 Å². The lowest BCUT2D eigenvalue weighted by Gasteiger charge is -2.35. The minimum Gasteiger partial charge on any atom is -0.479 e. The van der Waals surface area contributed by atoms with Gasteiger partial charge >= 0.3 is 5.97 Å². The van der Waals surface area contributed by atoms with Crippen molar-refractivity contribution in [2.45, 2.75) is 45.1 Å². The lowest BCUT2D eigenvalue weighted by Crippen LogP contribution is -2.55. The number of amides is 2. The highest BCUT2D eigenvalue weighted by Gasteiger charge is 2.49. The molecule has 0 aliphatic carbocycles. The summed E-state index contributed by atoms with van der Waals surface area (Å²) in [7, 11) is 1.54. The molecular weight excluding hydrogens is 248 g/mol. The Hall–Kier alpha value is -1.59. The maximum atomic E-state index is 12.2. The first-order chi connectivity index (χ1) is 8.85. The second-order valence-electron chi connectivity index (χ2n) is 5.11. The van der Waals surface area contributed by atoms with Crippen molar-refractivity contribution in [3.05, 3.63) is 0 Å². The number of aliphatic carboxylic acids is 1. The molecule has 0 saturated carbocycles. The fourth-order valence-corrected chi connectivity index (χ4v) is 2.64. The second-order valence-corrected chi connectivity index (χ2v) is 5.11. The van der Waals surface area contributed by atoms with E-state index in [4.69, 9.17) is 0 Å². The Balaban J connectivity index is 2.87. The van der Waals surface area contributed by atoms with Gasteiger partial charge in [-0.2, -0.15) is 0 Å². The zero-order valence-electron chi connectivity index (χ0n) is 11.8. The van der Waals surface area contributed by atoms with E-state index in [1.54, 1.807) is 7.05 Å². The van der Waals surface area contributed by atoms with Gasteiger partial charge in [0.2, 0.25) is 11.8 Å². The van der Waals surface area contributed by atoms with Crippen molar-refractivity contribution in [1.82, 2.24) is 9.80 Å². The summed E-state index contributed by atoms with van der Waals surface area (Å²) in [6.07, 6.45) is 2.35. The fourth-order valence-electron chi connectivity index (χ4n) is 2.64. The molecule has 1 atom stereocenters. The van der Waals surface area contributed by atoms with Crippen molar-refractivity contribution < 1.29 is 19.5 Å².